The summed E-state index contributed by atoms with van der Waals surface area (Å²) in [6, 6.07) is 3.91. The van der Waals surface area contributed by atoms with Crippen LogP contribution in [0.15, 0.2) is 24.5 Å². The van der Waals surface area contributed by atoms with Crippen LogP contribution in [0.5, 0.6) is 0 Å². The number of hydrogen-bond donors (Lipinski definition) is 3. The Bertz CT molecular complexity index is 526. The molecular weight excluding hydrogens is 228 g/mol. The fraction of sp³-hybridized carbons (Fsp3) is 0.250. The van der Waals surface area contributed by atoms with Crippen LogP contribution in [0.4, 0.5) is 11.6 Å². The summed E-state index contributed by atoms with van der Waals surface area (Å²) in [7, 11) is 0. The van der Waals surface area contributed by atoms with Gasteiger partial charge in [-0.3, -0.25) is 4.98 Å². The predicted molar refractivity (Wildman–Crippen MR) is 70.9 cm³/mol. The van der Waals surface area contributed by atoms with E-state index in [2.05, 4.69) is 25.7 Å². The monoisotopic (exact) mass is 244 g/mol. The minimum atomic E-state index is 0.639. The molecule has 2 aromatic heterocycles. The third-order valence-corrected chi connectivity index (χ3v) is 2.60. The van der Waals surface area contributed by atoms with Gasteiger partial charge in [-0.1, -0.05) is 0 Å². The molecule has 0 bridgehead atoms. The van der Waals surface area contributed by atoms with Crippen molar-refractivity contribution in [3.63, 3.8) is 0 Å². The fourth-order valence-electron chi connectivity index (χ4n) is 1.63. The molecule has 0 radical (unpaired) electrons. The zero-order valence-electron chi connectivity index (χ0n) is 10.4. The molecule has 6 nitrogen and oxygen atoms in total. The summed E-state index contributed by atoms with van der Waals surface area (Å²) in [5, 5.41) is 3.27. The number of hydrazine groups is 1. The Balaban J connectivity index is 2.17. The maximum absolute atomic E-state index is 5.42. The van der Waals surface area contributed by atoms with E-state index in [1.807, 2.05) is 26.0 Å². The van der Waals surface area contributed by atoms with E-state index in [1.165, 1.54) is 0 Å². The molecule has 0 amide bonds. The van der Waals surface area contributed by atoms with Crippen molar-refractivity contribution in [2.75, 3.05) is 10.7 Å². The highest BCUT2D eigenvalue weighted by Gasteiger charge is 2.07. The summed E-state index contributed by atoms with van der Waals surface area (Å²) in [6.45, 7) is 4.44. The van der Waals surface area contributed by atoms with Crippen molar-refractivity contribution < 1.29 is 0 Å². The number of rotatable bonds is 4. The smallest absolute Gasteiger partial charge is 0.148 e. The molecule has 0 saturated carbocycles. The third-order valence-electron chi connectivity index (χ3n) is 2.60. The van der Waals surface area contributed by atoms with Gasteiger partial charge in [0, 0.05) is 24.5 Å². The quantitative estimate of drug-likeness (QED) is 0.556. The first kappa shape index (κ1) is 12.3. The molecule has 0 saturated heterocycles. The first-order valence-corrected chi connectivity index (χ1v) is 5.65. The van der Waals surface area contributed by atoms with Crippen LogP contribution in [0.3, 0.4) is 0 Å². The first-order chi connectivity index (χ1) is 8.70. The van der Waals surface area contributed by atoms with Gasteiger partial charge in [-0.05, 0) is 31.5 Å². The van der Waals surface area contributed by atoms with Gasteiger partial charge in [0.2, 0.25) is 0 Å². The standard InChI is InChI=1S/C12H16N6/c1-8-11(16-9(2)17-12(8)18-13)15-7-10-3-5-14-6-4-10/h3-6H,7,13H2,1-2H3,(H2,15,16,17,18). The summed E-state index contributed by atoms with van der Waals surface area (Å²) in [6.07, 6.45) is 3.53. The number of aryl methyl sites for hydroxylation is 1. The number of pyridine rings is 1. The number of hydrogen-bond acceptors (Lipinski definition) is 6. The molecule has 0 unspecified atom stereocenters. The lowest BCUT2D eigenvalue weighted by Gasteiger charge is -2.12. The second-order valence-electron chi connectivity index (χ2n) is 3.95. The number of nitrogens with two attached hydrogens (primary N) is 1. The first-order valence-electron chi connectivity index (χ1n) is 5.65. The third kappa shape index (κ3) is 2.72. The maximum atomic E-state index is 5.42. The Morgan fingerprint density at radius 2 is 1.78 bits per heavy atom. The molecule has 0 aliphatic rings. The van der Waals surface area contributed by atoms with Crippen LogP contribution in [0, 0.1) is 13.8 Å². The van der Waals surface area contributed by atoms with Crippen LogP contribution in [0.1, 0.15) is 17.0 Å². The number of nitrogens with zero attached hydrogens (tertiary/aromatic N) is 3. The molecule has 18 heavy (non-hydrogen) atoms. The van der Waals surface area contributed by atoms with E-state index in [-0.39, 0.29) is 0 Å². The molecule has 0 aliphatic carbocycles. The molecular formula is C12H16N6. The van der Waals surface area contributed by atoms with Crippen LogP contribution in [0.2, 0.25) is 0 Å². The van der Waals surface area contributed by atoms with E-state index in [0.29, 0.717) is 18.2 Å². The van der Waals surface area contributed by atoms with Gasteiger partial charge >= 0.3 is 0 Å². The Labute approximate surface area is 106 Å². The van der Waals surface area contributed by atoms with E-state index in [0.717, 1.165) is 16.9 Å². The number of aromatic nitrogens is 3. The highest BCUT2D eigenvalue weighted by atomic mass is 15.3. The topological polar surface area (TPSA) is 88.8 Å². The van der Waals surface area contributed by atoms with Crippen molar-refractivity contribution in [1.82, 2.24) is 15.0 Å². The van der Waals surface area contributed by atoms with E-state index >= 15 is 0 Å². The molecule has 94 valence electrons. The molecule has 0 atom stereocenters. The van der Waals surface area contributed by atoms with Gasteiger partial charge in [-0.25, -0.2) is 15.8 Å². The van der Waals surface area contributed by atoms with E-state index < -0.39 is 0 Å². The second kappa shape index (κ2) is 5.42. The summed E-state index contributed by atoms with van der Waals surface area (Å²) in [4.78, 5) is 12.6. The van der Waals surface area contributed by atoms with Crippen molar-refractivity contribution in [2.24, 2.45) is 5.84 Å². The van der Waals surface area contributed by atoms with Crippen LogP contribution >= 0.6 is 0 Å². The Hall–Kier alpha value is -2.21. The lowest BCUT2D eigenvalue weighted by Crippen LogP contribution is -2.14. The highest BCUT2D eigenvalue weighted by molar-refractivity contribution is 5.56. The Kier molecular flexibility index (Phi) is 3.69. The van der Waals surface area contributed by atoms with Gasteiger partial charge in [0.15, 0.2) is 0 Å². The largest absolute Gasteiger partial charge is 0.366 e. The SMILES string of the molecule is Cc1nc(NN)c(C)c(NCc2ccncc2)n1. The van der Waals surface area contributed by atoms with Crippen LogP contribution in [0.25, 0.3) is 0 Å². The van der Waals surface area contributed by atoms with Crippen molar-refractivity contribution in [3.8, 4) is 0 Å². The van der Waals surface area contributed by atoms with Crippen LogP contribution < -0.4 is 16.6 Å². The summed E-state index contributed by atoms with van der Waals surface area (Å²) in [5.41, 5.74) is 4.62. The van der Waals surface area contributed by atoms with Gasteiger partial charge < -0.3 is 10.7 Å². The van der Waals surface area contributed by atoms with E-state index in [4.69, 9.17) is 5.84 Å². The summed E-state index contributed by atoms with van der Waals surface area (Å²) >= 11 is 0. The molecule has 0 spiro atoms. The van der Waals surface area contributed by atoms with Crippen molar-refractivity contribution in [1.29, 1.82) is 0 Å². The second-order valence-corrected chi connectivity index (χ2v) is 3.95. The number of anilines is 2. The Morgan fingerprint density at radius 1 is 1.11 bits per heavy atom. The van der Waals surface area contributed by atoms with Crippen molar-refractivity contribution in [2.45, 2.75) is 20.4 Å². The lowest BCUT2D eigenvalue weighted by molar-refractivity contribution is 0.996. The molecule has 6 heteroatoms. The van der Waals surface area contributed by atoms with Crippen LogP contribution in [-0.2, 0) is 6.54 Å². The van der Waals surface area contributed by atoms with Crippen LogP contribution in [-0.4, -0.2) is 15.0 Å². The number of nitrogen functional groups attached to an aromatic ring is 1. The fourth-order valence-corrected chi connectivity index (χ4v) is 1.63. The summed E-state index contributed by atoms with van der Waals surface area (Å²) in [5.74, 6) is 7.51. The average molecular weight is 244 g/mol. The van der Waals surface area contributed by atoms with Crippen molar-refractivity contribution in [3.05, 3.63) is 41.5 Å². The molecule has 2 aromatic rings. The molecule has 2 heterocycles. The molecule has 4 N–H and O–H groups in total. The Morgan fingerprint density at radius 3 is 2.44 bits per heavy atom. The minimum absolute atomic E-state index is 0.639. The molecule has 0 aromatic carbocycles. The van der Waals surface area contributed by atoms with Gasteiger partial charge in [-0.15, -0.1) is 0 Å². The zero-order valence-corrected chi connectivity index (χ0v) is 10.4. The minimum Gasteiger partial charge on any atom is -0.366 e. The average Bonchev–Trinajstić information content (AvgIpc) is 2.40. The van der Waals surface area contributed by atoms with Gasteiger partial charge in [0.1, 0.15) is 17.5 Å². The van der Waals surface area contributed by atoms with Crippen molar-refractivity contribution >= 4 is 11.6 Å². The van der Waals surface area contributed by atoms with E-state index in [9.17, 15) is 0 Å². The number of nitrogens with one attached hydrogen (secondary N) is 2. The highest BCUT2D eigenvalue weighted by Crippen LogP contribution is 2.19. The van der Waals surface area contributed by atoms with E-state index in [1.54, 1.807) is 12.4 Å². The summed E-state index contributed by atoms with van der Waals surface area (Å²) < 4.78 is 0. The lowest BCUT2D eigenvalue weighted by atomic mass is 10.2. The van der Waals surface area contributed by atoms with Gasteiger partial charge in [-0.2, -0.15) is 0 Å². The molecule has 0 fully saturated rings. The predicted octanol–water partition coefficient (Wildman–Crippen LogP) is 1.39. The maximum Gasteiger partial charge on any atom is 0.148 e. The zero-order chi connectivity index (χ0) is 13.0. The van der Waals surface area contributed by atoms with Gasteiger partial charge in [0.05, 0.1) is 0 Å². The molecule has 0 aliphatic heterocycles. The normalized spacial score (nSPS) is 10.2. The molecule has 2 rings (SSSR count). The van der Waals surface area contributed by atoms with Gasteiger partial charge in [0.25, 0.3) is 0 Å².